The highest BCUT2D eigenvalue weighted by Gasteiger charge is 2.30. The van der Waals surface area contributed by atoms with Gasteiger partial charge in [-0.2, -0.15) is 0 Å². The quantitative estimate of drug-likeness (QED) is 0.851. The smallest absolute Gasteiger partial charge is 0.227 e. The van der Waals surface area contributed by atoms with Crippen LogP contribution in [-0.2, 0) is 23.1 Å². The maximum Gasteiger partial charge on any atom is 0.227 e. The van der Waals surface area contributed by atoms with Crippen LogP contribution in [0, 0.1) is 19.8 Å². The van der Waals surface area contributed by atoms with E-state index in [-0.39, 0.29) is 11.8 Å². The molecule has 0 N–H and O–H groups in total. The Labute approximate surface area is 144 Å². The van der Waals surface area contributed by atoms with Crippen LogP contribution in [0.25, 0.3) is 0 Å². The average Bonchev–Trinajstić information content (AvgIpc) is 3.20. The Kier molecular flexibility index (Phi) is 4.97. The summed E-state index contributed by atoms with van der Waals surface area (Å²) in [6.45, 7) is 6.84. The topological polar surface area (TPSA) is 45.6 Å². The molecule has 0 aromatic carbocycles. The van der Waals surface area contributed by atoms with Crippen LogP contribution < -0.4 is 0 Å². The van der Waals surface area contributed by atoms with Gasteiger partial charge in [-0.1, -0.05) is 12.8 Å². The molecule has 1 saturated heterocycles. The van der Waals surface area contributed by atoms with E-state index in [1.807, 2.05) is 16.8 Å². The summed E-state index contributed by atoms with van der Waals surface area (Å²) in [5, 5.41) is 0. The second kappa shape index (κ2) is 6.99. The number of piperazine rings is 1. The highest BCUT2D eigenvalue weighted by Crippen LogP contribution is 2.27. The molecule has 2 aliphatic rings. The number of hydrogen-bond donors (Lipinski definition) is 0. The molecule has 2 fully saturated rings. The van der Waals surface area contributed by atoms with Crippen molar-refractivity contribution in [1.29, 1.82) is 0 Å². The second-order valence-electron chi connectivity index (χ2n) is 7.32. The third-order valence-corrected chi connectivity index (χ3v) is 5.87. The summed E-state index contributed by atoms with van der Waals surface area (Å²) < 4.78 is 2.13. The number of aryl methyl sites for hydroxylation is 1. The van der Waals surface area contributed by atoms with Crippen LogP contribution in [0.3, 0.4) is 0 Å². The molecule has 132 valence electrons. The van der Waals surface area contributed by atoms with Crippen molar-refractivity contribution in [3.8, 4) is 0 Å². The van der Waals surface area contributed by atoms with Crippen molar-refractivity contribution in [2.75, 3.05) is 26.2 Å². The lowest BCUT2D eigenvalue weighted by molar-refractivity contribution is -0.141. The minimum Gasteiger partial charge on any atom is -0.352 e. The predicted octanol–water partition coefficient (Wildman–Crippen LogP) is 2.05. The zero-order chi connectivity index (χ0) is 17.3. The monoisotopic (exact) mass is 331 g/mol. The highest BCUT2D eigenvalue weighted by atomic mass is 16.2. The first-order valence-electron chi connectivity index (χ1n) is 9.15. The van der Waals surface area contributed by atoms with E-state index >= 15 is 0 Å². The van der Waals surface area contributed by atoms with Crippen molar-refractivity contribution in [2.24, 2.45) is 13.0 Å². The molecular formula is C19H29N3O2. The fourth-order valence-electron chi connectivity index (χ4n) is 3.99. The molecule has 3 rings (SSSR count). The molecule has 5 nitrogen and oxygen atoms in total. The lowest BCUT2D eigenvalue weighted by Gasteiger charge is -2.36. The largest absolute Gasteiger partial charge is 0.352 e. The van der Waals surface area contributed by atoms with Gasteiger partial charge < -0.3 is 14.4 Å². The summed E-state index contributed by atoms with van der Waals surface area (Å²) in [5.41, 5.74) is 3.46. The zero-order valence-corrected chi connectivity index (χ0v) is 15.2. The van der Waals surface area contributed by atoms with Crippen LogP contribution in [0.15, 0.2) is 6.07 Å². The van der Waals surface area contributed by atoms with E-state index in [9.17, 15) is 9.59 Å². The predicted molar refractivity (Wildman–Crippen MR) is 93.7 cm³/mol. The summed E-state index contributed by atoms with van der Waals surface area (Å²) in [5.74, 6) is 0.730. The van der Waals surface area contributed by atoms with E-state index in [1.165, 1.54) is 18.5 Å². The lowest BCUT2D eigenvalue weighted by Crippen LogP contribution is -2.52. The first-order valence-corrected chi connectivity index (χ1v) is 9.15. The fourth-order valence-corrected chi connectivity index (χ4v) is 3.99. The molecule has 5 heteroatoms. The van der Waals surface area contributed by atoms with Crippen LogP contribution in [0.1, 0.15) is 42.6 Å². The third-order valence-electron chi connectivity index (χ3n) is 5.87. The van der Waals surface area contributed by atoms with E-state index in [0.29, 0.717) is 38.5 Å². The van der Waals surface area contributed by atoms with Gasteiger partial charge in [0.25, 0.3) is 0 Å². The Morgan fingerprint density at radius 2 is 1.62 bits per heavy atom. The SMILES string of the molecule is Cc1cc(CC(=O)N2CCN(C(=O)C3CCCC3)CC2)c(C)n1C. The van der Waals surface area contributed by atoms with Gasteiger partial charge in [-0.25, -0.2) is 0 Å². The zero-order valence-electron chi connectivity index (χ0n) is 15.2. The first-order chi connectivity index (χ1) is 11.5. The Bertz CT molecular complexity index is 621. The second-order valence-corrected chi connectivity index (χ2v) is 7.32. The Morgan fingerprint density at radius 1 is 1.04 bits per heavy atom. The van der Waals surface area contributed by atoms with Crippen molar-refractivity contribution < 1.29 is 9.59 Å². The van der Waals surface area contributed by atoms with E-state index in [4.69, 9.17) is 0 Å². The maximum absolute atomic E-state index is 12.6. The average molecular weight is 331 g/mol. The Morgan fingerprint density at radius 3 is 2.17 bits per heavy atom. The van der Waals surface area contributed by atoms with Gasteiger partial charge in [-0.05, 0) is 38.3 Å². The summed E-state index contributed by atoms with van der Waals surface area (Å²) in [7, 11) is 2.03. The molecule has 0 spiro atoms. The Balaban J connectivity index is 1.53. The van der Waals surface area contributed by atoms with E-state index < -0.39 is 0 Å². The molecule has 1 aliphatic heterocycles. The van der Waals surface area contributed by atoms with Crippen LogP contribution in [0.5, 0.6) is 0 Å². The molecule has 24 heavy (non-hydrogen) atoms. The molecule has 0 radical (unpaired) electrons. The summed E-state index contributed by atoms with van der Waals surface area (Å²) in [4.78, 5) is 28.9. The number of carbonyl (C=O) groups is 2. The number of hydrogen-bond acceptors (Lipinski definition) is 2. The highest BCUT2D eigenvalue weighted by molar-refractivity contribution is 5.81. The van der Waals surface area contributed by atoms with Gasteiger partial charge in [0.15, 0.2) is 0 Å². The number of rotatable bonds is 3. The molecule has 0 atom stereocenters. The number of carbonyl (C=O) groups excluding carboxylic acids is 2. The summed E-state index contributed by atoms with van der Waals surface area (Å²) >= 11 is 0. The molecule has 1 aromatic heterocycles. The van der Waals surface area contributed by atoms with Gasteiger partial charge >= 0.3 is 0 Å². The van der Waals surface area contributed by atoms with Gasteiger partial charge in [0, 0.05) is 50.5 Å². The number of nitrogens with zero attached hydrogens (tertiary/aromatic N) is 3. The van der Waals surface area contributed by atoms with Gasteiger partial charge in [0.2, 0.25) is 11.8 Å². The van der Waals surface area contributed by atoms with E-state index in [0.717, 1.165) is 24.1 Å². The molecule has 0 unspecified atom stereocenters. The molecule has 1 aromatic rings. The Hall–Kier alpha value is -1.78. The van der Waals surface area contributed by atoms with Crippen LogP contribution in [-0.4, -0.2) is 52.4 Å². The third kappa shape index (κ3) is 3.35. The van der Waals surface area contributed by atoms with Gasteiger partial charge in [0.05, 0.1) is 6.42 Å². The standard InChI is InChI=1S/C19H29N3O2/c1-14-12-17(15(2)20(14)3)13-18(23)21-8-10-22(11-9-21)19(24)16-6-4-5-7-16/h12,16H,4-11,13H2,1-3H3. The molecule has 2 heterocycles. The number of aromatic nitrogens is 1. The van der Waals surface area contributed by atoms with Crippen LogP contribution in [0.2, 0.25) is 0 Å². The van der Waals surface area contributed by atoms with Gasteiger partial charge in [-0.3, -0.25) is 9.59 Å². The normalized spacial score (nSPS) is 19.1. The minimum absolute atomic E-state index is 0.177. The van der Waals surface area contributed by atoms with Gasteiger partial charge in [-0.15, -0.1) is 0 Å². The van der Waals surface area contributed by atoms with Crippen molar-refractivity contribution in [3.63, 3.8) is 0 Å². The molecule has 2 amide bonds. The van der Waals surface area contributed by atoms with E-state index in [1.54, 1.807) is 0 Å². The molecular weight excluding hydrogens is 302 g/mol. The van der Waals surface area contributed by atoms with Crippen molar-refractivity contribution in [2.45, 2.75) is 46.0 Å². The first kappa shape index (κ1) is 17.1. The van der Waals surface area contributed by atoms with Crippen molar-refractivity contribution in [3.05, 3.63) is 23.0 Å². The minimum atomic E-state index is 0.177. The van der Waals surface area contributed by atoms with Crippen molar-refractivity contribution >= 4 is 11.8 Å². The number of amides is 2. The maximum atomic E-state index is 12.6. The fraction of sp³-hybridized carbons (Fsp3) is 0.684. The van der Waals surface area contributed by atoms with Crippen molar-refractivity contribution in [1.82, 2.24) is 14.4 Å². The lowest BCUT2D eigenvalue weighted by atomic mass is 10.1. The summed E-state index contributed by atoms with van der Waals surface area (Å²) in [6, 6.07) is 2.10. The van der Waals surface area contributed by atoms with Gasteiger partial charge in [0.1, 0.15) is 0 Å². The van der Waals surface area contributed by atoms with Crippen LogP contribution in [0.4, 0.5) is 0 Å². The van der Waals surface area contributed by atoms with E-state index in [2.05, 4.69) is 24.5 Å². The molecule has 0 bridgehead atoms. The molecule has 1 aliphatic carbocycles. The van der Waals surface area contributed by atoms with Crippen LogP contribution >= 0.6 is 0 Å². The summed E-state index contributed by atoms with van der Waals surface area (Å²) in [6.07, 6.45) is 4.93. The molecule has 1 saturated carbocycles.